The first-order valence-corrected chi connectivity index (χ1v) is 9.49. The lowest BCUT2D eigenvalue weighted by Gasteiger charge is -2.09. The lowest BCUT2D eigenvalue weighted by Crippen LogP contribution is -2.07. The molecule has 0 amide bonds. The van der Waals surface area contributed by atoms with Gasteiger partial charge in [0.25, 0.3) is 0 Å². The third kappa shape index (κ3) is 3.11. The van der Waals surface area contributed by atoms with Crippen molar-refractivity contribution in [3.63, 3.8) is 0 Å². The van der Waals surface area contributed by atoms with Gasteiger partial charge in [0.2, 0.25) is 0 Å². The first-order chi connectivity index (χ1) is 12.7. The number of hydrogen-bond donors (Lipinski definition) is 2. The smallest absolute Gasteiger partial charge is 0.197 e. The molecule has 0 atom stereocenters. The minimum Gasteiger partial charge on any atom is -0.508 e. The summed E-state index contributed by atoms with van der Waals surface area (Å²) < 4.78 is 8.37. The number of phenols is 1. The molecule has 0 fully saturated rings. The van der Waals surface area contributed by atoms with Gasteiger partial charge >= 0.3 is 0 Å². The van der Waals surface area contributed by atoms with E-state index >= 15 is 0 Å². The van der Waals surface area contributed by atoms with Crippen molar-refractivity contribution in [3.8, 4) is 17.0 Å². The van der Waals surface area contributed by atoms with Crippen LogP contribution in [0.2, 0.25) is 5.02 Å². The van der Waals surface area contributed by atoms with Crippen molar-refractivity contribution in [1.82, 2.24) is 9.38 Å². The van der Waals surface area contributed by atoms with Gasteiger partial charge < -0.3 is 15.2 Å². The zero-order chi connectivity index (χ0) is 18.1. The van der Waals surface area contributed by atoms with Crippen LogP contribution in [-0.2, 0) is 4.74 Å². The number of rotatable bonds is 6. The second-order valence-electron chi connectivity index (χ2n) is 5.96. The van der Waals surface area contributed by atoms with Crippen molar-refractivity contribution >= 4 is 43.9 Å². The summed E-state index contributed by atoms with van der Waals surface area (Å²) >= 11 is 7.74. The number of anilines is 1. The molecule has 0 saturated heterocycles. The van der Waals surface area contributed by atoms with Gasteiger partial charge in [-0.3, -0.25) is 4.40 Å². The SMILES string of the molecule is COCCCNc1c(-c2ccc(O)cc2)nc2sc3cc(Cl)ccc3n12. The molecule has 2 aromatic carbocycles. The van der Waals surface area contributed by atoms with Gasteiger partial charge in [0.1, 0.15) is 17.3 Å². The summed E-state index contributed by atoms with van der Waals surface area (Å²) in [6.45, 7) is 1.47. The monoisotopic (exact) mass is 387 g/mol. The van der Waals surface area contributed by atoms with Gasteiger partial charge in [-0.1, -0.05) is 22.9 Å². The van der Waals surface area contributed by atoms with Crippen LogP contribution in [0.3, 0.4) is 0 Å². The van der Waals surface area contributed by atoms with Crippen LogP contribution in [0.4, 0.5) is 5.82 Å². The van der Waals surface area contributed by atoms with Gasteiger partial charge in [0.15, 0.2) is 4.96 Å². The molecule has 0 spiro atoms. The summed E-state index contributed by atoms with van der Waals surface area (Å²) in [6.07, 6.45) is 0.895. The van der Waals surface area contributed by atoms with E-state index in [1.807, 2.05) is 30.3 Å². The predicted molar refractivity (Wildman–Crippen MR) is 108 cm³/mol. The number of hydrogen-bond acceptors (Lipinski definition) is 5. The van der Waals surface area contributed by atoms with Crippen molar-refractivity contribution in [2.45, 2.75) is 6.42 Å². The minimum absolute atomic E-state index is 0.240. The third-order valence-electron chi connectivity index (χ3n) is 4.17. The first kappa shape index (κ1) is 17.1. The van der Waals surface area contributed by atoms with E-state index in [0.29, 0.717) is 6.61 Å². The minimum atomic E-state index is 0.240. The molecule has 5 nitrogen and oxygen atoms in total. The Morgan fingerprint density at radius 2 is 2.04 bits per heavy atom. The summed E-state index contributed by atoms with van der Waals surface area (Å²) in [4.78, 5) is 5.74. The molecule has 0 bridgehead atoms. The zero-order valence-electron chi connectivity index (χ0n) is 14.2. The normalized spacial score (nSPS) is 11.5. The number of aromatic hydroxyl groups is 1. The average molecular weight is 388 g/mol. The van der Waals surface area contributed by atoms with Gasteiger partial charge in [-0.2, -0.15) is 0 Å². The first-order valence-electron chi connectivity index (χ1n) is 8.30. The molecule has 26 heavy (non-hydrogen) atoms. The fraction of sp³-hybridized carbons (Fsp3) is 0.211. The largest absolute Gasteiger partial charge is 0.508 e. The molecule has 7 heteroatoms. The number of halogens is 1. The van der Waals surface area contributed by atoms with Crippen LogP contribution < -0.4 is 5.32 Å². The summed E-state index contributed by atoms with van der Waals surface area (Å²) in [6, 6.07) is 13.0. The number of nitrogens with one attached hydrogen (secondary N) is 1. The van der Waals surface area contributed by atoms with Crippen LogP contribution in [0.15, 0.2) is 42.5 Å². The van der Waals surface area contributed by atoms with Crippen LogP contribution in [-0.4, -0.2) is 34.8 Å². The second kappa shape index (κ2) is 7.15. The maximum Gasteiger partial charge on any atom is 0.197 e. The standard InChI is InChI=1S/C19H18ClN3O2S/c1-25-10-2-9-21-18-17(12-3-6-14(24)7-4-12)22-19-23(18)15-8-5-13(20)11-16(15)26-19/h3-8,11,21,24H,2,9-10H2,1H3. The van der Waals surface area contributed by atoms with Crippen LogP contribution >= 0.6 is 22.9 Å². The second-order valence-corrected chi connectivity index (χ2v) is 7.41. The fourth-order valence-electron chi connectivity index (χ4n) is 2.95. The number of benzene rings is 2. The molecule has 4 aromatic rings. The summed E-state index contributed by atoms with van der Waals surface area (Å²) in [5, 5.41) is 13.8. The number of imidazole rings is 1. The molecule has 2 heterocycles. The van der Waals surface area contributed by atoms with Gasteiger partial charge in [-0.05, 0) is 48.9 Å². The Bertz CT molecular complexity index is 1060. The molecule has 134 valence electrons. The number of ether oxygens (including phenoxy) is 1. The Labute approximate surface area is 159 Å². The van der Waals surface area contributed by atoms with Gasteiger partial charge in [-0.15, -0.1) is 0 Å². The topological polar surface area (TPSA) is 58.8 Å². The van der Waals surface area contributed by atoms with Gasteiger partial charge in [0.05, 0.1) is 10.2 Å². The molecule has 0 unspecified atom stereocenters. The van der Waals surface area contributed by atoms with Gasteiger partial charge in [0, 0.05) is 30.8 Å². The van der Waals surface area contributed by atoms with E-state index in [4.69, 9.17) is 21.3 Å². The molecule has 2 N–H and O–H groups in total. The summed E-state index contributed by atoms with van der Waals surface area (Å²) in [7, 11) is 1.70. The van der Waals surface area contributed by atoms with Crippen molar-refractivity contribution < 1.29 is 9.84 Å². The number of methoxy groups -OCH3 is 1. The number of aromatic nitrogens is 2. The molecule has 4 rings (SSSR count). The van der Waals surface area contributed by atoms with Crippen LogP contribution in [0.1, 0.15) is 6.42 Å². The number of phenolic OH excluding ortho intramolecular Hbond substituents is 1. The van der Waals surface area contributed by atoms with E-state index in [-0.39, 0.29) is 5.75 Å². The Morgan fingerprint density at radius 3 is 2.81 bits per heavy atom. The lowest BCUT2D eigenvalue weighted by molar-refractivity contribution is 0.198. The summed E-state index contributed by atoms with van der Waals surface area (Å²) in [5.74, 6) is 1.18. The van der Waals surface area contributed by atoms with E-state index in [0.717, 1.165) is 50.2 Å². The highest BCUT2D eigenvalue weighted by Gasteiger charge is 2.18. The number of nitrogens with zero attached hydrogens (tertiary/aromatic N) is 2. The number of thiazole rings is 1. The highest BCUT2D eigenvalue weighted by Crippen LogP contribution is 2.37. The highest BCUT2D eigenvalue weighted by molar-refractivity contribution is 7.23. The molecule has 0 aliphatic carbocycles. The Balaban J connectivity index is 1.85. The molecule has 0 radical (unpaired) electrons. The molecule has 0 aliphatic heterocycles. The van der Waals surface area contributed by atoms with E-state index < -0.39 is 0 Å². The molecular formula is C19H18ClN3O2S. The van der Waals surface area contributed by atoms with Crippen LogP contribution in [0, 0.1) is 0 Å². The predicted octanol–water partition coefficient (Wildman–Crippen LogP) is 5.02. The van der Waals surface area contributed by atoms with Crippen molar-refractivity contribution in [2.24, 2.45) is 0 Å². The van der Waals surface area contributed by atoms with E-state index in [2.05, 4.69) is 9.72 Å². The van der Waals surface area contributed by atoms with Crippen LogP contribution in [0.5, 0.6) is 5.75 Å². The van der Waals surface area contributed by atoms with E-state index in [1.54, 1.807) is 30.6 Å². The Kier molecular flexibility index (Phi) is 4.72. The van der Waals surface area contributed by atoms with Crippen molar-refractivity contribution in [2.75, 3.05) is 25.6 Å². The number of fused-ring (bicyclic) bond motifs is 3. The molecule has 2 aromatic heterocycles. The molecule has 0 aliphatic rings. The van der Waals surface area contributed by atoms with Crippen LogP contribution in [0.25, 0.3) is 26.4 Å². The average Bonchev–Trinajstić information content (AvgIpc) is 3.15. The lowest BCUT2D eigenvalue weighted by atomic mass is 10.1. The quantitative estimate of drug-likeness (QED) is 0.456. The highest BCUT2D eigenvalue weighted by atomic mass is 35.5. The molecular weight excluding hydrogens is 370 g/mol. The van der Waals surface area contributed by atoms with Crippen molar-refractivity contribution in [3.05, 3.63) is 47.5 Å². The Morgan fingerprint density at radius 1 is 1.23 bits per heavy atom. The van der Waals surface area contributed by atoms with E-state index in [1.165, 1.54) is 0 Å². The molecule has 0 saturated carbocycles. The maximum atomic E-state index is 9.57. The zero-order valence-corrected chi connectivity index (χ0v) is 15.8. The summed E-state index contributed by atoms with van der Waals surface area (Å²) in [5.41, 5.74) is 2.89. The Hall–Kier alpha value is -2.28. The maximum absolute atomic E-state index is 9.57. The third-order valence-corrected chi connectivity index (χ3v) is 5.41. The van der Waals surface area contributed by atoms with Gasteiger partial charge in [-0.25, -0.2) is 4.98 Å². The fourth-order valence-corrected chi connectivity index (χ4v) is 4.25. The van der Waals surface area contributed by atoms with Crippen molar-refractivity contribution in [1.29, 1.82) is 0 Å². The van der Waals surface area contributed by atoms with E-state index in [9.17, 15) is 5.11 Å².